The van der Waals surface area contributed by atoms with Gasteiger partial charge >= 0.3 is 29.6 Å². The molecule has 0 fully saturated rings. The van der Waals surface area contributed by atoms with Gasteiger partial charge in [0.2, 0.25) is 5.91 Å². The molecule has 2 aromatic rings. The normalized spacial score (nSPS) is 12.4. The number of benzene rings is 2. The third-order valence-electron chi connectivity index (χ3n) is 3.42. The molecule has 0 aromatic heterocycles. The van der Waals surface area contributed by atoms with E-state index in [1.165, 1.54) is 14.0 Å². The summed E-state index contributed by atoms with van der Waals surface area (Å²) < 4.78 is 5.09. The molecule has 0 aliphatic carbocycles. The summed E-state index contributed by atoms with van der Waals surface area (Å²) in [6, 6.07) is 13.7. The number of para-hydroxylation sites is 1. The molecule has 0 heterocycles. The van der Waals surface area contributed by atoms with Crippen LogP contribution in [0.25, 0.3) is 0 Å². The van der Waals surface area contributed by atoms with E-state index < -0.39 is 17.3 Å². The molecule has 0 aliphatic heterocycles. The predicted octanol–water partition coefficient (Wildman–Crippen LogP) is -1.40. The van der Waals surface area contributed by atoms with Gasteiger partial charge in [-0.2, -0.15) is 0 Å². The Labute approximate surface area is 178 Å². The number of methoxy groups -OCH3 is 1. The first-order chi connectivity index (χ1) is 11.9. The van der Waals surface area contributed by atoms with Crippen molar-refractivity contribution in [2.75, 3.05) is 12.4 Å². The van der Waals surface area contributed by atoms with Gasteiger partial charge in [-0.3, -0.25) is 4.79 Å². The fourth-order valence-electron chi connectivity index (χ4n) is 2.23. The molecule has 2 N–H and O–H groups in total. The van der Waals surface area contributed by atoms with Crippen LogP contribution in [0.3, 0.4) is 0 Å². The number of aliphatic hydroxyl groups is 1. The number of rotatable bonds is 7. The zero-order valence-electron chi connectivity index (χ0n) is 14.8. The molecule has 0 bridgehead atoms. The average Bonchev–Trinajstić information content (AvgIpc) is 2.60. The molecular formula is C18H18NNaO5S. The number of amides is 1. The van der Waals surface area contributed by atoms with Gasteiger partial charge in [0.25, 0.3) is 0 Å². The predicted molar refractivity (Wildman–Crippen MR) is 93.4 cm³/mol. The molecule has 2 rings (SSSR count). The van der Waals surface area contributed by atoms with Gasteiger partial charge in [-0.05, 0) is 29.8 Å². The summed E-state index contributed by atoms with van der Waals surface area (Å²) in [6.45, 7) is 1.39. The van der Waals surface area contributed by atoms with Crippen molar-refractivity contribution >= 4 is 29.3 Å². The quantitative estimate of drug-likeness (QED) is 0.451. The number of carboxylic acids is 1. The number of hydrogen-bond acceptors (Lipinski definition) is 6. The van der Waals surface area contributed by atoms with Gasteiger partial charge in [0.05, 0.1) is 24.0 Å². The number of thioether (sulfide) groups is 1. The minimum atomic E-state index is -1.72. The summed E-state index contributed by atoms with van der Waals surface area (Å²) in [4.78, 5) is 23.2. The third-order valence-corrected chi connectivity index (χ3v) is 4.82. The largest absolute Gasteiger partial charge is 1.00 e. The Hall–Kier alpha value is -1.51. The zero-order chi connectivity index (χ0) is 18.4. The van der Waals surface area contributed by atoms with Crippen LogP contribution < -0.4 is 44.7 Å². The average molecular weight is 383 g/mol. The number of carboxylic acid groups (broad SMARTS) is 1. The van der Waals surface area contributed by atoms with Crippen LogP contribution in [-0.2, 0) is 9.59 Å². The van der Waals surface area contributed by atoms with E-state index in [4.69, 9.17) is 4.74 Å². The van der Waals surface area contributed by atoms with E-state index in [1.54, 1.807) is 48.5 Å². The zero-order valence-corrected chi connectivity index (χ0v) is 17.6. The fraction of sp³-hybridized carbons (Fsp3) is 0.222. The molecular weight excluding hydrogens is 365 g/mol. The molecule has 0 radical (unpaired) electrons. The van der Waals surface area contributed by atoms with Crippen molar-refractivity contribution in [2.45, 2.75) is 23.2 Å². The molecule has 1 amide bonds. The molecule has 0 aliphatic rings. The van der Waals surface area contributed by atoms with Gasteiger partial charge in [0, 0.05) is 11.8 Å². The first-order valence-corrected chi connectivity index (χ1v) is 8.36. The molecule has 2 aromatic carbocycles. The van der Waals surface area contributed by atoms with E-state index in [0.717, 1.165) is 11.8 Å². The standard InChI is InChI=1S/C18H19NO5S.Na/c1-11(20)19-14-5-3-4-6-15(14)25-17(16(21)18(22)23)12-7-9-13(24-2)10-8-12;/h3-10,16-17,21H,1-2H3,(H,19,20)(H,22,23);/q;+1/p-1/t16-,17+;/m0./s1. The van der Waals surface area contributed by atoms with Crippen LogP contribution in [0.2, 0.25) is 0 Å². The van der Waals surface area contributed by atoms with Gasteiger partial charge < -0.3 is 25.1 Å². The van der Waals surface area contributed by atoms with Crippen LogP contribution >= 0.6 is 11.8 Å². The van der Waals surface area contributed by atoms with Crippen LogP contribution in [0, 0.1) is 0 Å². The van der Waals surface area contributed by atoms with Crippen LogP contribution in [0.5, 0.6) is 5.75 Å². The molecule has 0 saturated heterocycles. The molecule has 0 spiro atoms. The van der Waals surface area contributed by atoms with Crippen LogP contribution in [0.4, 0.5) is 5.69 Å². The van der Waals surface area contributed by atoms with E-state index in [1.807, 2.05) is 0 Å². The summed E-state index contributed by atoms with van der Waals surface area (Å²) in [5.41, 5.74) is 1.14. The van der Waals surface area contributed by atoms with Crippen molar-refractivity contribution in [2.24, 2.45) is 0 Å². The van der Waals surface area contributed by atoms with E-state index in [-0.39, 0.29) is 35.5 Å². The second kappa shape index (κ2) is 10.6. The maximum Gasteiger partial charge on any atom is 1.00 e. The molecule has 2 atom stereocenters. The number of anilines is 1. The Morgan fingerprint density at radius 3 is 2.31 bits per heavy atom. The fourth-order valence-corrected chi connectivity index (χ4v) is 3.44. The number of nitrogens with one attached hydrogen (secondary N) is 1. The van der Waals surface area contributed by atoms with E-state index in [2.05, 4.69) is 5.32 Å². The first-order valence-electron chi connectivity index (χ1n) is 7.48. The van der Waals surface area contributed by atoms with Gasteiger partial charge in [-0.15, -0.1) is 11.8 Å². The number of hydrogen-bond donors (Lipinski definition) is 2. The van der Waals surface area contributed by atoms with Crippen molar-refractivity contribution in [1.29, 1.82) is 0 Å². The molecule has 0 saturated carbocycles. The van der Waals surface area contributed by atoms with E-state index >= 15 is 0 Å². The maximum atomic E-state index is 11.3. The monoisotopic (exact) mass is 383 g/mol. The summed E-state index contributed by atoms with van der Waals surface area (Å²) in [5, 5.41) is 23.2. The van der Waals surface area contributed by atoms with E-state index in [0.29, 0.717) is 21.9 Å². The Balaban J connectivity index is 0.00000338. The van der Waals surface area contributed by atoms with E-state index in [9.17, 15) is 19.8 Å². The minimum absolute atomic E-state index is 0. The summed E-state index contributed by atoms with van der Waals surface area (Å²) in [5.74, 6) is -1.19. The Morgan fingerprint density at radius 1 is 1.15 bits per heavy atom. The number of ether oxygens (including phenoxy) is 1. The molecule has 26 heavy (non-hydrogen) atoms. The smallest absolute Gasteiger partial charge is 0.547 e. The van der Waals surface area contributed by atoms with Gasteiger partial charge in [0.15, 0.2) is 0 Å². The number of carbonyl (C=O) groups is 2. The summed E-state index contributed by atoms with van der Waals surface area (Å²) in [7, 11) is 1.53. The third kappa shape index (κ3) is 6.03. The Morgan fingerprint density at radius 2 is 1.77 bits per heavy atom. The van der Waals surface area contributed by atoms with Gasteiger partial charge in [-0.1, -0.05) is 24.3 Å². The molecule has 0 unspecified atom stereocenters. The molecule has 132 valence electrons. The molecule has 8 heteroatoms. The first kappa shape index (κ1) is 22.5. The number of carbonyl (C=O) groups excluding carboxylic acids is 2. The minimum Gasteiger partial charge on any atom is -0.547 e. The number of aliphatic hydroxyl groups excluding tert-OH is 1. The van der Waals surface area contributed by atoms with Gasteiger partial charge in [-0.25, -0.2) is 0 Å². The Bertz CT molecular complexity index is 754. The van der Waals surface area contributed by atoms with Gasteiger partial charge in [0.1, 0.15) is 11.9 Å². The van der Waals surface area contributed by atoms with Crippen LogP contribution in [0.15, 0.2) is 53.4 Å². The van der Waals surface area contributed by atoms with Crippen molar-refractivity contribution in [3.8, 4) is 5.75 Å². The second-order valence-electron chi connectivity index (χ2n) is 5.25. The van der Waals surface area contributed by atoms with Crippen molar-refractivity contribution in [1.82, 2.24) is 0 Å². The Kier molecular flexibility index (Phi) is 9.18. The SMILES string of the molecule is COc1ccc([C@@H](Sc2ccccc2NC(C)=O)[C@H](O)C(=O)[O-])cc1.[Na+]. The van der Waals surface area contributed by atoms with Crippen molar-refractivity contribution in [3.63, 3.8) is 0 Å². The van der Waals surface area contributed by atoms with Crippen molar-refractivity contribution in [3.05, 3.63) is 54.1 Å². The van der Waals surface area contributed by atoms with Crippen molar-refractivity contribution < 1.29 is 54.1 Å². The second-order valence-corrected chi connectivity index (χ2v) is 6.44. The van der Waals surface area contributed by atoms with Crippen LogP contribution in [-0.4, -0.2) is 30.2 Å². The molecule has 6 nitrogen and oxygen atoms in total. The summed E-state index contributed by atoms with van der Waals surface area (Å²) in [6.07, 6.45) is -1.72. The maximum absolute atomic E-state index is 11.3. The topological polar surface area (TPSA) is 98.7 Å². The number of aliphatic carboxylic acids is 1. The summed E-state index contributed by atoms with van der Waals surface area (Å²) >= 11 is 1.13. The van der Waals surface area contributed by atoms with Crippen LogP contribution in [0.1, 0.15) is 17.7 Å².